The van der Waals surface area contributed by atoms with Gasteiger partial charge >= 0.3 is 0 Å². The Balaban J connectivity index is 1.92. The lowest BCUT2D eigenvalue weighted by molar-refractivity contribution is -0.118. The largest absolute Gasteiger partial charge is 0.319 e. The van der Waals surface area contributed by atoms with Gasteiger partial charge in [-0.2, -0.15) is 10.2 Å². The molecule has 0 spiro atoms. The molecule has 1 unspecified atom stereocenters. The van der Waals surface area contributed by atoms with E-state index in [1.807, 2.05) is 6.92 Å². The number of alkyl halides is 2. The summed E-state index contributed by atoms with van der Waals surface area (Å²) in [7, 11) is 0. The lowest BCUT2D eigenvalue weighted by atomic mass is 10.1. The first-order valence-corrected chi connectivity index (χ1v) is 9.64. The van der Waals surface area contributed by atoms with Crippen molar-refractivity contribution in [2.24, 2.45) is 5.73 Å². The number of carbonyl (C=O) groups excluding carboxylic acids is 1. The van der Waals surface area contributed by atoms with Crippen molar-refractivity contribution in [1.29, 1.82) is 0 Å². The molecule has 162 valence electrons. The second-order valence-corrected chi connectivity index (χ2v) is 7.41. The van der Waals surface area contributed by atoms with Crippen molar-refractivity contribution in [3.8, 4) is 0 Å². The predicted molar refractivity (Wildman–Crippen MR) is 110 cm³/mol. The van der Waals surface area contributed by atoms with E-state index in [1.54, 1.807) is 12.3 Å². The molecule has 2 heterocycles. The van der Waals surface area contributed by atoms with Crippen molar-refractivity contribution in [2.45, 2.75) is 32.4 Å². The Morgan fingerprint density at radius 3 is 2.58 bits per heavy atom. The summed E-state index contributed by atoms with van der Waals surface area (Å²) in [6.45, 7) is 1.78. The number of amides is 1. The highest BCUT2D eigenvalue weighted by Crippen LogP contribution is 2.23. The number of hydrogen-bond donors (Lipinski definition) is 1. The number of aryl methyl sites for hydroxylation is 1. The molecule has 2 N–H and O–H groups in total. The molecule has 3 aromatic rings. The third-order valence-electron chi connectivity index (χ3n) is 4.44. The molecule has 0 radical (unpaired) electrons. The van der Waals surface area contributed by atoms with Crippen LogP contribution >= 0.6 is 11.6 Å². The number of carbonyl (C=O) groups is 1. The molecule has 1 amide bonds. The highest BCUT2D eigenvalue weighted by molar-refractivity contribution is 6.30. The molecule has 2 aromatic heterocycles. The molecular formula is C21H19ClF3N5O. The smallest absolute Gasteiger partial charge is 0.257 e. The highest BCUT2D eigenvalue weighted by Gasteiger charge is 2.22. The summed E-state index contributed by atoms with van der Waals surface area (Å²) in [5, 5.41) is 7.96. The minimum Gasteiger partial charge on any atom is -0.319 e. The van der Waals surface area contributed by atoms with Crippen LogP contribution in [0.15, 0.2) is 48.8 Å². The zero-order valence-electron chi connectivity index (χ0n) is 16.5. The van der Waals surface area contributed by atoms with Crippen molar-refractivity contribution >= 4 is 23.3 Å². The standard InChI is InChI=1S/C21H19ClF3N5O/c1-12-4-17(29-28-9-12)8-19(31)30(11-13-5-15(22)7-16(23)6-13)18-3-2-14(10-27-18)20(26)21(24)25/h2-7,9-10,20-21H,8,11,26H2,1H3. The summed E-state index contributed by atoms with van der Waals surface area (Å²) < 4.78 is 39.5. The van der Waals surface area contributed by atoms with Crippen LogP contribution in [-0.4, -0.2) is 27.5 Å². The number of halogens is 4. The predicted octanol–water partition coefficient (Wildman–Crippen LogP) is 4.01. The van der Waals surface area contributed by atoms with Gasteiger partial charge in [-0.25, -0.2) is 18.2 Å². The molecule has 3 rings (SSSR count). The van der Waals surface area contributed by atoms with E-state index in [0.29, 0.717) is 11.3 Å². The molecule has 0 aliphatic rings. The lowest BCUT2D eigenvalue weighted by Gasteiger charge is -2.23. The number of anilines is 1. The van der Waals surface area contributed by atoms with Gasteiger partial charge in [0.25, 0.3) is 6.43 Å². The summed E-state index contributed by atoms with van der Waals surface area (Å²) in [6, 6.07) is 6.95. The van der Waals surface area contributed by atoms with Gasteiger partial charge in [-0.3, -0.25) is 9.69 Å². The van der Waals surface area contributed by atoms with Crippen molar-refractivity contribution in [3.05, 3.63) is 82.0 Å². The summed E-state index contributed by atoms with van der Waals surface area (Å²) in [5.74, 6) is -0.749. The minimum atomic E-state index is -2.75. The van der Waals surface area contributed by atoms with Gasteiger partial charge in [0.05, 0.1) is 30.9 Å². The van der Waals surface area contributed by atoms with Crippen LogP contribution in [0, 0.1) is 12.7 Å². The van der Waals surface area contributed by atoms with E-state index in [1.165, 1.54) is 35.4 Å². The summed E-state index contributed by atoms with van der Waals surface area (Å²) >= 11 is 5.93. The summed E-state index contributed by atoms with van der Waals surface area (Å²) in [5.41, 5.74) is 7.30. The van der Waals surface area contributed by atoms with E-state index in [-0.39, 0.29) is 29.4 Å². The molecule has 0 fully saturated rings. The first-order chi connectivity index (χ1) is 14.7. The van der Waals surface area contributed by atoms with E-state index in [2.05, 4.69) is 15.2 Å². The van der Waals surface area contributed by atoms with E-state index in [9.17, 15) is 18.0 Å². The van der Waals surface area contributed by atoms with Crippen LogP contribution in [0.4, 0.5) is 19.0 Å². The number of nitrogens with zero attached hydrogens (tertiary/aromatic N) is 4. The van der Waals surface area contributed by atoms with E-state index in [0.717, 1.165) is 11.6 Å². The number of rotatable bonds is 7. The molecule has 0 saturated carbocycles. The van der Waals surface area contributed by atoms with E-state index >= 15 is 0 Å². The maximum Gasteiger partial charge on any atom is 0.257 e. The fraction of sp³-hybridized carbons (Fsp3) is 0.238. The third kappa shape index (κ3) is 5.99. The topological polar surface area (TPSA) is 85.0 Å². The highest BCUT2D eigenvalue weighted by atomic mass is 35.5. The van der Waals surface area contributed by atoms with Crippen LogP contribution in [0.5, 0.6) is 0 Å². The number of aromatic nitrogens is 3. The van der Waals surface area contributed by atoms with Gasteiger partial charge in [0.1, 0.15) is 11.6 Å². The maximum atomic E-state index is 13.8. The Hall–Kier alpha value is -3.04. The molecular weight excluding hydrogens is 431 g/mol. The second-order valence-electron chi connectivity index (χ2n) is 6.97. The van der Waals surface area contributed by atoms with E-state index < -0.39 is 24.2 Å². The Bertz CT molecular complexity index is 1040. The number of nitrogens with two attached hydrogens (primary N) is 1. The minimum absolute atomic E-state index is 0.0389. The van der Waals surface area contributed by atoms with Gasteiger partial charge in [-0.15, -0.1) is 0 Å². The second kappa shape index (κ2) is 9.84. The fourth-order valence-corrected chi connectivity index (χ4v) is 3.19. The van der Waals surface area contributed by atoms with Crippen molar-refractivity contribution < 1.29 is 18.0 Å². The van der Waals surface area contributed by atoms with Crippen LogP contribution < -0.4 is 10.6 Å². The quantitative estimate of drug-likeness (QED) is 0.589. The van der Waals surface area contributed by atoms with Gasteiger partial charge in [-0.1, -0.05) is 17.7 Å². The number of benzene rings is 1. The molecule has 10 heteroatoms. The van der Waals surface area contributed by atoms with Crippen molar-refractivity contribution in [1.82, 2.24) is 15.2 Å². The summed E-state index contributed by atoms with van der Waals surface area (Å²) in [6.07, 6.45) is -0.0814. The average Bonchev–Trinajstić information content (AvgIpc) is 2.71. The zero-order valence-corrected chi connectivity index (χ0v) is 17.2. The van der Waals surface area contributed by atoms with Gasteiger partial charge in [-0.05, 0) is 53.9 Å². The molecule has 31 heavy (non-hydrogen) atoms. The van der Waals surface area contributed by atoms with Gasteiger partial charge < -0.3 is 5.73 Å². The van der Waals surface area contributed by atoms with Crippen molar-refractivity contribution in [2.75, 3.05) is 4.90 Å². The van der Waals surface area contributed by atoms with Crippen LogP contribution in [0.25, 0.3) is 0 Å². The van der Waals surface area contributed by atoms with E-state index in [4.69, 9.17) is 17.3 Å². The monoisotopic (exact) mass is 449 g/mol. The third-order valence-corrected chi connectivity index (χ3v) is 4.66. The molecule has 1 aromatic carbocycles. The van der Waals surface area contributed by atoms with Gasteiger partial charge in [0, 0.05) is 11.2 Å². The number of pyridine rings is 1. The Labute approximate surface area is 181 Å². The average molecular weight is 450 g/mol. The molecule has 0 aliphatic carbocycles. The van der Waals surface area contributed by atoms with Crippen LogP contribution in [0.3, 0.4) is 0 Å². The van der Waals surface area contributed by atoms with Crippen LogP contribution in [0.1, 0.15) is 28.4 Å². The Morgan fingerprint density at radius 2 is 1.97 bits per heavy atom. The molecule has 0 bridgehead atoms. The molecule has 0 saturated heterocycles. The van der Waals surface area contributed by atoms with Crippen molar-refractivity contribution in [3.63, 3.8) is 0 Å². The van der Waals surface area contributed by atoms with Gasteiger partial charge in [0.15, 0.2) is 0 Å². The summed E-state index contributed by atoms with van der Waals surface area (Å²) in [4.78, 5) is 18.5. The number of hydrogen-bond acceptors (Lipinski definition) is 5. The molecule has 0 aliphatic heterocycles. The fourth-order valence-electron chi connectivity index (χ4n) is 2.94. The lowest BCUT2D eigenvalue weighted by Crippen LogP contribution is -2.33. The molecule has 6 nitrogen and oxygen atoms in total. The SMILES string of the molecule is Cc1cnnc(CC(=O)N(Cc2cc(F)cc(Cl)c2)c2ccc(C(N)C(F)F)cn2)c1. The normalized spacial score (nSPS) is 12.1. The first kappa shape index (κ1) is 22.6. The van der Waals surface area contributed by atoms with Crippen LogP contribution in [0.2, 0.25) is 5.02 Å². The Kier molecular flexibility index (Phi) is 7.19. The first-order valence-electron chi connectivity index (χ1n) is 9.26. The zero-order chi connectivity index (χ0) is 22.5. The van der Waals surface area contributed by atoms with Gasteiger partial charge in [0.2, 0.25) is 5.91 Å². The van der Waals surface area contributed by atoms with Crippen LogP contribution in [-0.2, 0) is 17.8 Å². The molecule has 1 atom stereocenters. The Morgan fingerprint density at radius 1 is 1.19 bits per heavy atom. The maximum absolute atomic E-state index is 13.8.